The second kappa shape index (κ2) is 6.28. The van der Waals surface area contributed by atoms with E-state index in [1.807, 2.05) is 24.1 Å². The number of nitrogens with zero attached hydrogens (tertiary/aromatic N) is 2. The molecule has 1 aromatic rings. The molecule has 1 aromatic heterocycles. The van der Waals surface area contributed by atoms with Gasteiger partial charge in [0.15, 0.2) is 0 Å². The molecule has 1 saturated carbocycles. The van der Waals surface area contributed by atoms with Crippen molar-refractivity contribution in [3.8, 4) is 0 Å². The van der Waals surface area contributed by atoms with Gasteiger partial charge in [0.1, 0.15) is 15.7 Å². The number of nitrogens with one attached hydrogen (secondary N) is 1. The summed E-state index contributed by atoms with van der Waals surface area (Å²) in [5.41, 5.74) is 0.808. The van der Waals surface area contributed by atoms with Gasteiger partial charge in [-0.05, 0) is 25.0 Å². The van der Waals surface area contributed by atoms with Gasteiger partial charge < -0.3 is 10.2 Å². The molecule has 0 unspecified atom stereocenters. The zero-order chi connectivity index (χ0) is 14.8. The molecule has 0 spiro atoms. The molecule has 1 heterocycles. The van der Waals surface area contributed by atoms with Gasteiger partial charge in [0.25, 0.3) is 0 Å². The number of anilines is 1. The van der Waals surface area contributed by atoms with Gasteiger partial charge >= 0.3 is 0 Å². The van der Waals surface area contributed by atoms with Gasteiger partial charge in [-0.2, -0.15) is 0 Å². The Morgan fingerprint density at radius 3 is 2.75 bits per heavy atom. The van der Waals surface area contributed by atoms with Gasteiger partial charge in [0.05, 0.1) is 16.5 Å². The van der Waals surface area contributed by atoms with Crippen molar-refractivity contribution in [2.24, 2.45) is 0 Å². The normalized spacial score (nSPS) is 15.3. The average molecular weight is 318 g/mol. The number of hydrogen-bond acceptors (Lipinski definition) is 5. The van der Waals surface area contributed by atoms with Crippen molar-refractivity contribution in [3.63, 3.8) is 0 Å². The molecule has 7 heteroatoms. The minimum atomic E-state index is -2.97. The predicted molar refractivity (Wildman–Crippen MR) is 82.1 cm³/mol. The lowest BCUT2D eigenvalue weighted by atomic mass is 10.3. The van der Waals surface area contributed by atoms with E-state index < -0.39 is 9.84 Å². The monoisotopic (exact) mass is 317 g/mol. The highest BCUT2D eigenvalue weighted by Gasteiger charge is 2.21. The summed E-state index contributed by atoms with van der Waals surface area (Å²) in [4.78, 5) is 6.34. The average Bonchev–Trinajstić information content (AvgIpc) is 3.18. The van der Waals surface area contributed by atoms with Crippen molar-refractivity contribution in [1.29, 1.82) is 0 Å². The van der Waals surface area contributed by atoms with E-state index in [0.717, 1.165) is 11.5 Å². The molecule has 1 aliphatic carbocycles. The van der Waals surface area contributed by atoms with Gasteiger partial charge in [0, 0.05) is 32.4 Å². The van der Waals surface area contributed by atoms with Gasteiger partial charge in [0.2, 0.25) is 0 Å². The summed E-state index contributed by atoms with van der Waals surface area (Å²) >= 11 is 6.14. The van der Waals surface area contributed by atoms with Crippen LogP contribution in [0.3, 0.4) is 0 Å². The zero-order valence-corrected chi connectivity index (χ0v) is 13.3. The van der Waals surface area contributed by atoms with E-state index in [-0.39, 0.29) is 5.75 Å². The highest BCUT2D eigenvalue weighted by Crippen LogP contribution is 2.22. The summed E-state index contributed by atoms with van der Waals surface area (Å²) in [6.07, 6.45) is 3.66. The second-order valence-electron chi connectivity index (χ2n) is 5.30. The summed E-state index contributed by atoms with van der Waals surface area (Å²) in [6, 6.07) is 4.22. The molecule has 1 fully saturated rings. The number of pyridine rings is 1. The van der Waals surface area contributed by atoms with Gasteiger partial charge in [-0.3, -0.25) is 0 Å². The Morgan fingerprint density at radius 1 is 1.45 bits per heavy atom. The Kier molecular flexibility index (Phi) is 4.88. The third kappa shape index (κ3) is 4.92. The quantitative estimate of drug-likeness (QED) is 0.825. The third-order valence-corrected chi connectivity index (χ3v) is 4.50. The van der Waals surface area contributed by atoms with E-state index in [1.54, 1.807) is 0 Å². The fourth-order valence-electron chi connectivity index (χ4n) is 1.76. The van der Waals surface area contributed by atoms with Crippen molar-refractivity contribution in [2.45, 2.75) is 25.4 Å². The van der Waals surface area contributed by atoms with Crippen molar-refractivity contribution in [3.05, 3.63) is 22.8 Å². The molecule has 0 bridgehead atoms. The maximum atomic E-state index is 11.2. The molecule has 5 nitrogen and oxygen atoms in total. The fraction of sp³-hybridized carbons (Fsp3) is 0.615. The first kappa shape index (κ1) is 15.5. The van der Waals surface area contributed by atoms with Crippen LogP contribution in [0.25, 0.3) is 0 Å². The van der Waals surface area contributed by atoms with Gasteiger partial charge in [-0.1, -0.05) is 11.6 Å². The third-order valence-electron chi connectivity index (χ3n) is 3.23. The first-order valence-corrected chi connectivity index (χ1v) is 9.06. The number of aromatic nitrogens is 1. The summed E-state index contributed by atoms with van der Waals surface area (Å²) in [5, 5.41) is 4.01. The van der Waals surface area contributed by atoms with Crippen LogP contribution in [0.15, 0.2) is 12.1 Å². The van der Waals surface area contributed by atoms with E-state index in [1.165, 1.54) is 19.1 Å². The van der Waals surface area contributed by atoms with Crippen LogP contribution in [0.2, 0.25) is 5.02 Å². The first-order valence-electron chi connectivity index (χ1n) is 6.63. The molecule has 0 aromatic carbocycles. The van der Waals surface area contributed by atoms with Crippen LogP contribution in [-0.2, 0) is 16.4 Å². The molecule has 2 rings (SSSR count). The van der Waals surface area contributed by atoms with Crippen molar-refractivity contribution in [1.82, 2.24) is 10.3 Å². The Balaban J connectivity index is 2.01. The fourth-order valence-corrected chi connectivity index (χ4v) is 2.53. The molecule has 1 N–H and O–H groups in total. The molecule has 0 amide bonds. The maximum absolute atomic E-state index is 11.2. The molecule has 112 valence electrons. The van der Waals surface area contributed by atoms with Crippen LogP contribution in [-0.4, -0.2) is 45.0 Å². The molecular formula is C13H20ClN3O2S. The van der Waals surface area contributed by atoms with Crippen molar-refractivity contribution < 1.29 is 8.42 Å². The Hall–Kier alpha value is -0.850. The summed E-state index contributed by atoms with van der Waals surface area (Å²) in [5.74, 6) is 0.856. The van der Waals surface area contributed by atoms with Crippen LogP contribution in [0.4, 0.5) is 5.82 Å². The van der Waals surface area contributed by atoms with E-state index in [0.29, 0.717) is 24.2 Å². The summed E-state index contributed by atoms with van der Waals surface area (Å²) in [7, 11) is -1.13. The molecule has 20 heavy (non-hydrogen) atoms. The van der Waals surface area contributed by atoms with E-state index in [4.69, 9.17) is 11.6 Å². The van der Waals surface area contributed by atoms with Crippen LogP contribution in [0.5, 0.6) is 0 Å². The molecule has 0 saturated heterocycles. The second-order valence-corrected chi connectivity index (χ2v) is 7.97. The first-order chi connectivity index (χ1) is 9.35. The van der Waals surface area contributed by atoms with Crippen LogP contribution >= 0.6 is 11.6 Å². The summed E-state index contributed by atoms with van der Waals surface area (Å²) < 4.78 is 22.4. The Morgan fingerprint density at radius 2 is 2.15 bits per heavy atom. The Labute approximate surface area is 125 Å². The lowest BCUT2D eigenvalue weighted by molar-refractivity contribution is 0.601. The molecule has 1 aliphatic rings. The number of hydrogen-bond donors (Lipinski definition) is 1. The molecule has 0 atom stereocenters. The minimum absolute atomic E-state index is 0.115. The van der Waals surface area contributed by atoms with Gasteiger partial charge in [-0.25, -0.2) is 13.4 Å². The van der Waals surface area contributed by atoms with Crippen LogP contribution in [0, 0.1) is 0 Å². The summed E-state index contributed by atoms with van der Waals surface area (Å²) in [6.45, 7) is 1.07. The smallest absolute Gasteiger partial charge is 0.149 e. The highest BCUT2D eigenvalue weighted by atomic mass is 35.5. The lowest BCUT2D eigenvalue weighted by Gasteiger charge is -2.19. The predicted octanol–water partition coefficient (Wildman–Crippen LogP) is 1.47. The molecular weight excluding hydrogens is 298 g/mol. The van der Waals surface area contributed by atoms with Gasteiger partial charge in [-0.15, -0.1) is 0 Å². The van der Waals surface area contributed by atoms with E-state index in [9.17, 15) is 8.42 Å². The van der Waals surface area contributed by atoms with E-state index in [2.05, 4.69) is 10.3 Å². The van der Waals surface area contributed by atoms with E-state index >= 15 is 0 Å². The zero-order valence-electron chi connectivity index (χ0n) is 11.8. The Bertz CT molecular complexity index is 573. The SMILES string of the molecule is CN(CCS(C)(=O)=O)c1ccc(Cl)c(CNC2CC2)n1. The lowest BCUT2D eigenvalue weighted by Crippen LogP contribution is -2.26. The largest absolute Gasteiger partial charge is 0.359 e. The van der Waals surface area contributed by atoms with Crippen molar-refractivity contribution >= 4 is 27.3 Å². The van der Waals surface area contributed by atoms with Crippen LogP contribution in [0.1, 0.15) is 18.5 Å². The molecule has 0 aliphatic heterocycles. The highest BCUT2D eigenvalue weighted by molar-refractivity contribution is 7.90. The number of halogens is 1. The minimum Gasteiger partial charge on any atom is -0.359 e. The topological polar surface area (TPSA) is 62.3 Å². The maximum Gasteiger partial charge on any atom is 0.149 e. The van der Waals surface area contributed by atoms with Crippen molar-refractivity contribution in [2.75, 3.05) is 30.5 Å². The molecule has 0 radical (unpaired) electrons. The number of rotatable bonds is 7. The standard InChI is InChI=1S/C13H20ClN3O2S/c1-17(7-8-20(2,18)19)13-6-5-11(14)12(16-13)9-15-10-3-4-10/h5-6,10,15H,3-4,7-9H2,1-2H3. The number of sulfone groups is 1. The van der Waals surface area contributed by atoms with Crippen LogP contribution < -0.4 is 10.2 Å².